The van der Waals surface area contributed by atoms with E-state index in [0.29, 0.717) is 17.2 Å². The van der Waals surface area contributed by atoms with E-state index in [4.69, 9.17) is 15.2 Å². The summed E-state index contributed by atoms with van der Waals surface area (Å²) in [4.78, 5) is 21.8. The number of carbonyl (C=O) groups excluding carboxylic acids is 2. The minimum atomic E-state index is -1.06. The molecule has 0 atom stereocenters. The topological polar surface area (TPSA) is 90.6 Å². The molecule has 0 aliphatic heterocycles. The Morgan fingerprint density at radius 1 is 1.18 bits per heavy atom. The lowest BCUT2D eigenvalue weighted by Gasteiger charge is -2.13. The number of amides is 2. The lowest BCUT2D eigenvalue weighted by atomic mass is 10.2. The molecular weight excluding hydrogens is 224 g/mol. The molecule has 0 unspecified atom stereocenters. The molecule has 17 heavy (non-hydrogen) atoms. The van der Waals surface area contributed by atoms with Crippen LogP contribution < -0.4 is 20.5 Å². The summed E-state index contributed by atoms with van der Waals surface area (Å²) in [7, 11) is 2.97. The normalized spacial score (nSPS) is 9.59. The highest BCUT2D eigenvalue weighted by atomic mass is 16.5. The van der Waals surface area contributed by atoms with Crippen LogP contribution >= 0.6 is 0 Å². The number of nitrogens with two attached hydrogens (primary N) is 1. The zero-order chi connectivity index (χ0) is 13.0. The summed E-state index contributed by atoms with van der Waals surface area (Å²) < 4.78 is 10.2. The van der Waals surface area contributed by atoms with Crippen LogP contribution in [0.2, 0.25) is 0 Å². The summed E-state index contributed by atoms with van der Waals surface area (Å²) in [6.45, 7) is 1.83. The van der Waals surface area contributed by atoms with E-state index < -0.39 is 11.8 Å². The van der Waals surface area contributed by atoms with Gasteiger partial charge in [-0.3, -0.25) is 9.59 Å². The number of primary amides is 1. The zero-order valence-corrected chi connectivity index (χ0v) is 9.87. The molecule has 0 radical (unpaired) electrons. The number of hydrogen-bond donors (Lipinski definition) is 2. The van der Waals surface area contributed by atoms with Crippen LogP contribution in [0.5, 0.6) is 11.5 Å². The fourth-order valence-electron chi connectivity index (χ4n) is 1.33. The molecule has 1 aromatic rings. The Hall–Kier alpha value is -2.24. The zero-order valence-electron chi connectivity index (χ0n) is 9.87. The monoisotopic (exact) mass is 238 g/mol. The Bertz CT molecular complexity index is 457. The van der Waals surface area contributed by atoms with Crippen LogP contribution in [0, 0.1) is 6.92 Å². The second-order valence-electron chi connectivity index (χ2n) is 3.34. The van der Waals surface area contributed by atoms with Gasteiger partial charge in [0.25, 0.3) is 0 Å². The largest absolute Gasteiger partial charge is 0.496 e. The fraction of sp³-hybridized carbons (Fsp3) is 0.273. The highest BCUT2D eigenvalue weighted by Crippen LogP contribution is 2.32. The number of aryl methyl sites for hydroxylation is 1. The van der Waals surface area contributed by atoms with Gasteiger partial charge in [-0.1, -0.05) is 0 Å². The molecule has 0 spiro atoms. The van der Waals surface area contributed by atoms with Crippen molar-refractivity contribution in [3.05, 3.63) is 17.7 Å². The van der Waals surface area contributed by atoms with Gasteiger partial charge in [0.05, 0.1) is 19.9 Å². The molecule has 0 aliphatic rings. The average molecular weight is 238 g/mol. The number of ether oxygens (including phenoxy) is 2. The Labute approximate surface area is 98.7 Å². The van der Waals surface area contributed by atoms with E-state index in [1.54, 1.807) is 12.1 Å². The number of benzene rings is 1. The molecule has 6 nitrogen and oxygen atoms in total. The van der Waals surface area contributed by atoms with Gasteiger partial charge in [0.1, 0.15) is 11.5 Å². The molecule has 1 aromatic carbocycles. The summed E-state index contributed by atoms with van der Waals surface area (Å²) in [6.07, 6.45) is 0. The Morgan fingerprint density at radius 2 is 1.76 bits per heavy atom. The first-order chi connectivity index (χ1) is 7.99. The highest BCUT2D eigenvalue weighted by Gasteiger charge is 2.14. The summed E-state index contributed by atoms with van der Waals surface area (Å²) in [5, 5.41) is 2.34. The third-order valence-corrected chi connectivity index (χ3v) is 2.19. The maximum absolute atomic E-state index is 11.2. The first-order valence-electron chi connectivity index (χ1n) is 4.83. The van der Waals surface area contributed by atoms with Crippen molar-refractivity contribution in [2.75, 3.05) is 19.5 Å². The van der Waals surface area contributed by atoms with Crippen LogP contribution in [0.25, 0.3) is 0 Å². The fourth-order valence-corrected chi connectivity index (χ4v) is 1.33. The van der Waals surface area contributed by atoms with Crippen molar-refractivity contribution < 1.29 is 19.1 Å². The highest BCUT2D eigenvalue weighted by molar-refractivity contribution is 6.39. The van der Waals surface area contributed by atoms with Gasteiger partial charge in [0, 0.05) is 6.07 Å². The molecule has 6 heteroatoms. The molecular formula is C11H14N2O4. The third kappa shape index (κ3) is 2.87. The van der Waals surface area contributed by atoms with Crippen LogP contribution in [0.3, 0.4) is 0 Å². The van der Waals surface area contributed by atoms with Crippen LogP contribution in [0.15, 0.2) is 12.1 Å². The standard InChI is InChI=1S/C11H14N2O4/c1-6-4-9(17-3)7(5-8(6)16-2)13-11(15)10(12)14/h4-5H,1-3H3,(H2,12,14)(H,13,15). The lowest BCUT2D eigenvalue weighted by Crippen LogP contribution is -2.29. The Balaban J connectivity index is 3.12. The number of carbonyl (C=O) groups is 2. The average Bonchev–Trinajstić information content (AvgIpc) is 2.30. The molecule has 1 rings (SSSR count). The quantitative estimate of drug-likeness (QED) is 0.747. The smallest absolute Gasteiger partial charge is 0.313 e. The second kappa shape index (κ2) is 5.20. The van der Waals surface area contributed by atoms with E-state index in [1.165, 1.54) is 14.2 Å². The first kappa shape index (κ1) is 12.8. The lowest BCUT2D eigenvalue weighted by molar-refractivity contribution is -0.134. The molecule has 0 saturated heterocycles. The van der Waals surface area contributed by atoms with Gasteiger partial charge < -0.3 is 20.5 Å². The van der Waals surface area contributed by atoms with Crippen molar-refractivity contribution in [2.24, 2.45) is 5.73 Å². The SMILES string of the molecule is COc1cc(NC(=O)C(N)=O)c(OC)cc1C. The van der Waals surface area contributed by atoms with E-state index in [1.807, 2.05) is 6.92 Å². The summed E-state index contributed by atoms with van der Waals surface area (Å²) >= 11 is 0. The van der Waals surface area contributed by atoms with Crippen LogP contribution in [-0.4, -0.2) is 26.0 Å². The molecule has 3 N–H and O–H groups in total. The van der Waals surface area contributed by atoms with E-state index in [-0.39, 0.29) is 0 Å². The molecule has 0 heterocycles. The Morgan fingerprint density at radius 3 is 2.24 bits per heavy atom. The molecule has 0 fully saturated rings. The first-order valence-corrected chi connectivity index (χ1v) is 4.83. The van der Waals surface area contributed by atoms with Crippen molar-refractivity contribution in [3.63, 3.8) is 0 Å². The molecule has 92 valence electrons. The van der Waals surface area contributed by atoms with Crippen molar-refractivity contribution in [3.8, 4) is 11.5 Å². The van der Waals surface area contributed by atoms with Crippen LogP contribution in [-0.2, 0) is 9.59 Å². The predicted octanol–water partition coefficient (Wildman–Crippen LogP) is 0.436. The third-order valence-electron chi connectivity index (χ3n) is 2.19. The maximum Gasteiger partial charge on any atom is 0.313 e. The second-order valence-corrected chi connectivity index (χ2v) is 3.34. The predicted molar refractivity (Wildman–Crippen MR) is 62.1 cm³/mol. The molecule has 2 amide bonds. The molecule has 0 aliphatic carbocycles. The van der Waals surface area contributed by atoms with Crippen LogP contribution in [0.1, 0.15) is 5.56 Å². The minimum absolute atomic E-state index is 0.332. The summed E-state index contributed by atoms with van der Waals surface area (Å²) in [5.74, 6) is -0.968. The number of hydrogen-bond acceptors (Lipinski definition) is 4. The maximum atomic E-state index is 11.2. The van der Waals surface area contributed by atoms with Crippen molar-refractivity contribution >= 4 is 17.5 Å². The number of rotatable bonds is 3. The van der Waals surface area contributed by atoms with Crippen molar-refractivity contribution in [1.29, 1.82) is 0 Å². The van der Waals surface area contributed by atoms with Gasteiger partial charge in [0.2, 0.25) is 0 Å². The minimum Gasteiger partial charge on any atom is -0.496 e. The van der Waals surface area contributed by atoms with Gasteiger partial charge in [-0.15, -0.1) is 0 Å². The van der Waals surface area contributed by atoms with Gasteiger partial charge in [0.15, 0.2) is 0 Å². The van der Waals surface area contributed by atoms with E-state index in [9.17, 15) is 9.59 Å². The molecule has 0 aromatic heterocycles. The summed E-state index contributed by atoms with van der Waals surface area (Å²) in [5.41, 5.74) is 6.03. The van der Waals surface area contributed by atoms with E-state index in [2.05, 4.69) is 5.32 Å². The van der Waals surface area contributed by atoms with Gasteiger partial charge >= 0.3 is 11.8 Å². The number of methoxy groups -OCH3 is 2. The van der Waals surface area contributed by atoms with Crippen LogP contribution in [0.4, 0.5) is 5.69 Å². The number of anilines is 1. The van der Waals surface area contributed by atoms with Crippen molar-refractivity contribution in [1.82, 2.24) is 0 Å². The van der Waals surface area contributed by atoms with E-state index >= 15 is 0 Å². The van der Waals surface area contributed by atoms with E-state index in [0.717, 1.165) is 5.56 Å². The van der Waals surface area contributed by atoms with Gasteiger partial charge in [-0.25, -0.2) is 0 Å². The molecule has 0 saturated carbocycles. The number of nitrogens with one attached hydrogen (secondary N) is 1. The van der Waals surface area contributed by atoms with Crippen molar-refractivity contribution in [2.45, 2.75) is 6.92 Å². The Kier molecular flexibility index (Phi) is 3.92. The molecule has 0 bridgehead atoms. The van der Waals surface area contributed by atoms with Gasteiger partial charge in [-0.2, -0.15) is 0 Å². The van der Waals surface area contributed by atoms with Gasteiger partial charge in [-0.05, 0) is 18.6 Å². The summed E-state index contributed by atoms with van der Waals surface area (Å²) in [6, 6.07) is 3.25.